The van der Waals surface area contributed by atoms with Gasteiger partial charge in [-0.3, -0.25) is 0 Å². The molecule has 2 aromatic carbocycles. The number of aromatic nitrogens is 1. The highest BCUT2D eigenvalue weighted by Crippen LogP contribution is 2.32. The molecule has 0 aliphatic carbocycles. The van der Waals surface area contributed by atoms with Gasteiger partial charge in [-0.1, -0.05) is 53.5 Å². The van der Waals surface area contributed by atoms with Gasteiger partial charge in [-0.25, -0.2) is 13.4 Å². The molecule has 0 saturated heterocycles. The summed E-state index contributed by atoms with van der Waals surface area (Å²) in [4.78, 5) is 6.96. The van der Waals surface area contributed by atoms with Crippen molar-refractivity contribution in [2.75, 3.05) is 17.2 Å². The van der Waals surface area contributed by atoms with Crippen LogP contribution in [0.25, 0.3) is 10.9 Å². The number of rotatable bonds is 1. The number of hydrogen-bond donors (Lipinski definition) is 0. The Bertz CT molecular complexity index is 1080. The van der Waals surface area contributed by atoms with E-state index in [1.807, 2.05) is 29.2 Å². The maximum atomic E-state index is 12.5. The zero-order valence-corrected chi connectivity index (χ0v) is 15.4. The van der Waals surface area contributed by atoms with Crippen LogP contribution in [0.2, 0.25) is 10.0 Å². The Morgan fingerprint density at radius 3 is 2.64 bits per heavy atom. The third kappa shape index (κ3) is 2.97. The molecular weight excluding hydrogens is 379 g/mol. The number of para-hydroxylation sites is 1. The lowest BCUT2D eigenvalue weighted by atomic mass is 10.2. The first-order valence-corrected chi connectivity index (χ1v) is 10.2. The molecule has 1 aliphatic heterocycles. The number of benzene rings is 2. The van der Waals surface area contributed by atoms with Crippen molar-refractivity contribution in [1.82, 2.24) is 4.98 Å². The van der Waals surface area contributed by atoms with Crippen molar-refractivity contribution in [2.24, 2.45) is 0 Å². The second-order valence-electron chi connectivity index (χ2n) is 5.95. The van der Waals surface area contributed by atoms with Gasteiger partial charge in [-0.05, 0) is 23.8 Å². The molecule has 0 N–H and O–H groups in total. The highest BCUT2D eigenvalue weighted by Gasteiger charge is 2.26. The van der Waals surface area contributed by atoms with Crippen LogP contribution in [0.1, 0.15) is 5.56 Å². The van der Waals surface area contributed by atoms with Gasteiger partial charge in [0.2, 0.25) is 0 Å². The van der Waals surface area contributed by atoms with Gasteiger partial charge in [0, 0.05) is 18.5 Å². The predicted octanol–water partition coefficient (Wildman–Crippen LogP) is 4.34. The van der Waals surface area contributed by atoms with Gasteiger partial charge in [0.05, 0.1) is 26.2 Å². The van der Waals surface area contributed by atoms with Gasteiger partial charge in [-0.2, -0.15) is 0 Å². The Labute approximate surface area is 155 Å². The molecule has 0 atom stereocenters. The van der Waals surface area contributed by atoms with Gasteiger partial charge in [-0.15, -0.1) is 0 Å². The van der Waals surface area contributed by atoms with E-state index >= 15 is 0 Å². The SMILES string of the molecule is O=S1(=O)CCN(c2cc(Cl)c3cccc(Cl)c3n2)Cc2ccccc21. The van der Waals surface area contributed by atoms with Crippen molar-refractivity contribution >= 4 is 49.8 Å². The topological polar surface area (TPSA) is 50.3 Å². The van der Waals surface area contributed by atoms with E-state index in [0.717, 1.165) is 10.9 Å². The van der Waals surface area contributed by atoms with Crippen LogP contribution in [0.3, 0.4) is 0 Å². The number of halogens is 2. The Morgan fingerprint density at radius 2 is 1.80 bits per heavy atom. The van der Waals surface area contributed by atoms with Gasteiger partial charge in [0.15, 0.2) is 9.84 Å². The molecule has 1 aromatic heterocycles. The minimum atomic E-state index is -3.31. The molecule has 4 nitrogen and oxygen atoms in total. The summed E-state index contributed by atoms with van der Waals surface area (Å²) in [5.74, 6) is 0.654. The van der Waals surface area contributed by atoms with Crippen LogP contribution >= 0.6 is 23.2 Å². The van der Waals surface area contributed by atoms with Gasteiger partial charge in [0.25, 0.3) is 0 Å². The van der Waals surface area contributed by atoms with E-state index < -0.39 is 9.84 Å². The van der Waals surface area contributed by atoms with E-state index in [0.29, 0.717) is 39.4 Å². The largest absolute Gasteiger partial charge is 0.351 e. The highest BCUT2D eigenvalue weighted by molar-refractivity contribution is 7.91. The van der Waals surface area contributed by atoms with E-state index in [4.69, 9.17) is 23.2 Å². The average molecular weight is 393 g/mol. The summed E-state index contributed by atoms with van der Waals surface area (Å²) in [6.45, 7) is 0.797. The maximum absolute atomic E-state index is 12.5. The summed E-state index contributed by atoms with van der Waals surface area (Å²) >= 11 is 12.7. The van der Waals surface area contributed by atoms with E-state index in [1.165, 1.54) is 0 Å². The molecule has 128 valence electrons. The Morgan fingerprint density at radius 1 is 1.00 bits per heavy atom. The zero-order valence-electron chi connectivity index (χ0n) is 13.1. The summed E-state index contributed by atoms with van der Waals surface area (Å²) in [5.41, 5.74) is 1.38. The number of hydrogen-bond acceptors (Lipinski definition) is 4. The molecule has 0 amide bonds. The summed E-state index contributed by atoms with van der Waals surface area (Å²) in [7, 11) is -3.31. The molecule has 4 rings (SSSR count). The number of fused-ring (bicyclic) bond motifs is 2. The Hall–Kier alpha value is -1.82. The fraction of sp³-hybridized carbons (Fsp3) is 0.167. The second-order valence-corrected chi connectivity index (χ2v) is 8.84. The van der Waals surface area contributed by atoms with E-state index in [9.17, 15) is 8.42 Å². The van der Waals surface area contributed by atoms with E-state index in [1.54, 1.807) is 24.3 Å². The molecule has 0 unspecified atom stereocenters. The first-order valence-electron chi connectivity index (χ1n) is 7.76. The van der Waals surface area contributed by atoms with Crippen LogP contribution in [0, 0.1) is 0 Å². The first kappa shape index (κ1) is 16.6. The van der Waals surface area contributed by atoms with Crippen LogP contribution in [0.4, 0.5) is 5.82 Å². The quantitative estimate of drug-likeness (QED) is 0.617. The summed E-state index contributed by atoms with van der Waals surface area (Å²) in [6.07, 6.45) is 0. The fourth-order valence-corrected chi connectivity index (χ4v) is 5.05. The van der Waals surface area contributed by atoms with E-state index in [2.05, 4.69) is 4.98 Å². The molecule has 0 fully saturated rings. The van der Waals surface area contributed by atoms with Crippen LogP contribution in [0.15, 0.2) is 53.4 Å². The monoisotopic (exact) mass is 392 g/mol. The van der Waals surface area contributed by atoms with Crippen molar-refractivity contribution in [2.45, 2.75) is 11.4 Å². The molecular formula is C18H14Cl2N2O2S. The third-order valence-electron chi connectivity index (χ3n) is 4.35. The highest BCUT2D eigenvalue weighted by atomic mass is 35.5. The van der Waals surface area contributed by atoms with Crippen LogP contribution in [0.5, 0.6) is 0 Å². The van der Waals surface area contributed by atoms with Gasteiger partial charge < -0.3 is 4.90 Å². The number of pyridine rings is 1. The van der Waals surface area contributed by atoms with Crippen molar-refractivity contribution in [1.29, 1.82) is 0 Å². The third-order valence-corrected chi connectivity index (χ3v) is 6.76. The zero-order chi connectivity index (χ0) is 17.6. The summed E-state index contributed by atoms with van der Waals surface area (Å²) in [6, 6.07) is 14.3. The molecule has 0 bridgehead atoms. The normalized spacial score (nSPS) is 16.5. The minimum Gasteiger partial charge on any atom is -0.351 e. The summed E-state index contributed by atoms with van der Waals surface area (Å²) in [5, 5.41) is 1.84. The van der Waals surface area contributed by atoms with Crippen LogP contribution in [-0.2, 0) is 16.4 Å². The lowest BCUT2D eigenvalue weighted by molar-refractivity contribution is 0.596. The molecule has 7 heteroatoms. The Kier molecular flexibility index (Phi) is 4.10. The fourth-order valence-electron chi connectivity index (χ4n) is 3.08. The van der Waals surface area contributed by atoms with E-state index in [-0.39, 0.29) is 5.75 Å². The molecule has 0 saturated carbocycles. The van der Waals surface area contributed by atoms with Crippen LogP contribution in [-0.4, -0.2) is 25.7 Å². The first-order chi connectivity index (χ1) is 12.0. The lowest BCUT2D eigenvalue weighted by Gasteiger charge is -2.22. The molecule has 25 heavy (non-hydrogen) atoms. The number of anilines is 1. The molecule has 0 radical (unpaired) electrons. The number of nitrogens with zero attached hydrogens (tertiary/aromatic N) is 2. The van der Waals surface area contributed by atoms with Gasteiger partial charge >= 0.3 is 0 Å². The second kappa shape index (κ2) is 6.16. The van der Waals surface area contributed by atoms with Gasteiger partial charge in [0.1, 0.15) is 5.82 Å². The smallest absolute Gasteiger partial charge is 0.180 e. The molecule has 3 aromatic rings. The maximum Gasteiger partial charge on any atom is 0.180 e. The lowest BCUT2D eigenvalue weighted by Crippen LogP contribution is -2.26. The Balaban J connectivity index is 1.84. The van der Waals surface area contributed by atoms with Crippen LogP contribution < -0.4 is 4.90 Å². The van der Waals surface area contributed by atoms with Crippen molar-refractivity contribution < 1.29 is 8.42 Å². The minimum absolute atomic E-state index is 0.0316. The van der Waals surface area contributed by atoms with Crippen molar-refractivity contribution in [3.8, 4) is 0 Å². The van der Waals surface area contributed by atoms with Crippen molar-refractivity contribution in [3.63, 3.8) is 0 Å². The number of sulfone groups is 1. The standard InChI is InChI=1S/C18H14Cl2N2O2S/c19-14-6-3-5-13-15(20)10-17(21-18(13)14)22-8-9-25(23,24)16-7-2-1-4-12(16)11-22/h1-7,10H,8-9,11H2. The molecule has 1 aliphatic rings. The van der Waals surface area contributed by atoms with Crippen molar-refractivity contribution in [3.05, 3.63) is 64.1 Å². The molecule has 0 spiro atoms. The predicted molar refractivity (Wildman–Crippen MR) is 101 cm³/mol. The average Bonchev–Trinajstić information content (AvgIpc) is 2.72. The summed E-state index contributed by atoms with van der Waals surface area (Å²) < 4.78 is 25.0. The molecule has 2 heterocycles.